The van der Waals surface area contributed by atoms with Gasteiger partial charge in [0.15, 0.2) is 0 Å². The number of nitrogens with zero attached hydrogens (tertiary/aromatic N) is 1. The first-order chi connectivity index (χ1) is 8.79. The Labute approximate surface area is 104 Å². The number of carbonyl (C=O) groups is 1. The summed E-state index contributed by atoms with van der Waals surface area (Å²) in [5, 5.41) is 8.54. The van der Waals surface area contributed by atoms with Crippen molar-refractivity contribution in [1.29, 1.82) is 0 Å². The average Bonchev–Trinajstić information content (AvgIpc) is 2.45. The minimum Gasteiger partial charge on any atom is -0.288 e. The van der Waals surface area contributed by atoms with Crippen LogP contribution in [0.3, 0.4) is 0 Å². The molecule has 18 heavy (non-hydrogen) atoms. The number of hydroxylamine groups is 1. The van der Waals surface area contributed by atoms with Crippen LogP contribution in [0.25, 0.3) is 0 Å². The SMILES string of the molecule is O=C(NO)c1cccc(C#Cc2cccnc2)c1. The summed E-state index contributed by atoms with van der Waals surface area (Å²) in [6, 6.07) is 10.4. The van der Waals surface area contributed by atoms with Crippen LogP contribution in [0.1, 0.15) is 21.5 Å². The molecule has 2 aromatic rings. The van der Waals surface area contributed by atoms with Crippen LogP contribution in [0.4, 0.5) is 0 Å². The molecular weight excluding hydrogens is 228 g/mol. The number of benzene rings is 1. The zero-order valence-electron chi connectivity index (χ0n) is 9.42. The summed E-state index contributed by atoms with van der Waals surface area (Å²) in [6.45, 7) is 0. The van der Waals surface area contributed by atoms with Crippen LogP contribution in [0, 0.1) is 11.8 Å². The number of rotatable bonds is 1. The second kappa shape index (κ2) is 5.62. The molecule has 4 nitrogen and oxygen atoms in total. The highest BCUT2D eigenvalue weighted by atomic mass is 16.5. The van der Waals surface area contributed by atoms with E-state index < -0.39 is 5.91 Å². The Bertz CT molecular complexity index is 612. The summed E-state index contributed by atoms with van der Waals surface area (Å²) in [5.74, 6) is 5.31. The molecule has 2 N–H and O–H groups in total. The summed E-state index contributed by atoms with van der Waals surface area (Å²) < 4.78 is 0. The molecule has 0 aliphatic heterocycles. The van der Waals surface area contributed by atoms with E-state index in [-0.39, 0.29) is 0 Å². The molecule has 88 valence electrons. The standard InChI is InChI=1S/C14H10N2O2/c17-14(16-18)13-5-1-3-11(9-13)6-7-12-4-2-8-15-10-12/h1-5,8-10,18H,(H,16,17). The van der Waals surface area contributed by atoms with E-state index >= 15 is 0 Å². The first kappa shape index (κ1) is 11.8. The Morgan fingerprint density at radius 3 is 2.67 bits per heavy atom. The normalized spacial score (nSPS) is 9.17. The van der Waals surface area contributed by atoms with Gasteiger partial charge in [0.05, 0.1) is 0 Å². The molecule has 0 spiro atoms. The van der Waals surface area contributed by atoms with Crippen molar-refractivity contribution in [2.45, 2.75) is 0 Å². The fourth-order valence-corrected chi connectivity index (χ4v) is 1.38. The van der Waals surface area contributed by atoms with Crippen LogP contribution in [-0.4, -0.2) is 16.1 Å². The van der Waals surface area contributed by atoms with Gasteiger partial charge >= 0.3 is 0 Å². The third kappa shape index (κ3) is 2.94. The van der Waals surface area contributed by atoms with E-state index in [1.165, 1.54) is 0 Å². The minimum atomic E-state index is -0.556. The van der Waals surface area contributed by atoms with Gasteiger partial charge in [-0.2, -0.15) is 0 Å². The van der Waals surface area contributed by atoms with Gasteiger partial charge in [0.2, 0.25) is 0 Å². The van der Waals surface area contributed by atoms with E-state index in [1.807, 2.05) is 6.07 Å². The van der Waals surface area contributed by atoms with E-state index in [0.717, 1.165) is 5.56 Å². The predicted molar refractivity (Wildman–Crippen MR) is 65.9 cm³/mol. The van der Waals surface area contributed by atoms with E-state index in [2.05, 4.69) is 16.8 Å². The maximum Gasteiger partial charge on any atom is 0.274 e. The largest absolute Gasteiger partial charge is 0.288 e. The van der Waals surface area contributed by atoms with Crippen molar-refractivity contribution in [3.8, 4) is 11.8 Å². The molecule has 1 amide bonds. The lowest BCUT2D eigenvalue weighted by Crippen LogP contribution is -2.18. The summed E-state index contributed by atoms with van der Waals surface area (Å²) in [4.78, 5) is 15.2. The first-order valence-electron chi connectivity index (χ1n) is 5.26. The van der Waals surface area contributed by atoms with Gasteiger partial charge in [-0.15, -0.1) is 0 Å². The molecule has 0 bridgehead atoms. The third-order valence-corrected chi connectivity index (χ3v) is 2.24. The van der Waals surface area contributed by atoms with E-state index in [4.69, 9.17) is 5.21 Å². The molecular formula is C14H10N2O2. The monoisotopic (exact) mass is 238 g/mol. The van der Waals surface area contributed by atoms with Gasteiger partial charge in [-0.25, -0.2) is 5.48 Å². The van der Waals surface area contributed by atoms with Crippen molar-refractivity contribution in [2.75, 3.05) is 0 Å². The smallest absolute Gasteiger partial charge is 0.274 e. The quantitative estimate of drug-likeness (QED) is 0.450. The molecule has 1 aromatic heterocycles. The first-order valence-corrected chi connectivity index (χ1v) is 5.26. The second-order valence-corrected chi connectivity index (χ2v) is 3.51. The van der Waals surface area contributed by atoms with Crippen molar-refractivity contribution in [2.24, 2.45) is 0 Å². The lowest BCUT2D eigenvalue weighted by atomic mass is 10.1. The second-order valence-electron chi connectivity index (χ2n) is 3.51. The fourth-order valence-electron chi connectivity index (χ4n) is 1.38. The topological polar surface area (TPSA) is 62.2 Å². The van der Waals surface area contributed by atoms with Crippen molar-refractivity contribution in [3.05, 3.63) is 65.5 Å². The van der Waals surface area contributed by atoms with Crippen molar-refractivity contribution >= 4 is 5.91 Å². The van der Waals surface area contributed by atoms with Crippen LogP contribution in [0.2, 0.25) is 0 Å². The highest BCUT2D eigenvalue weighted by Gasteiger charge is 2.02. The number of aromatic nitrogens is 1. The van der Waals surface area contributed by atoms with Gasteiger partial charge in [-0.3, -0.25) is 15.0 Å². The lowest BCUT2D eigenvalue weighted by molar-refractivity contribution is 0.0706. The van der Waals surface area contributed by atoms with Gasteiger partial charge < -0.3 is 0 Å². The Balaban J connectivity index is 2.25. The Hall–Kier alpha value is -2.64. The van der Waals surface area contributed by atoms with Crippen LogP contribution >= 0.6 is 0 Å². The number of hydrogen-bond acceptors (Lipinski definition) is 3. The van der Waals surface area contributed by atoms with Gasteiger partial charge in [0.25, 0.3) is 5.91 Å². The van der Waals surface area contributed by atoms with Gasteiger partial charge in [0.1, 0.15) is 0 Å². The predicted octanol–water partition coefficient (Wildman–Crippen LogP) is 1.60. The molecule has 0 atom stereocenters. The van der Waals surface area contributed by atoms with Gasteiger partial charge in [0, 0.05) is 29.1 Å². The molecule has 0 radical (unpaired) electrons. The van der Waals surface area contributed by atoms with Crippen molar-refractivity contribution in [1.82, 2.24) is 10.5 Å². The molecule has 0 unspecified atom stereocenters. The van der Waals surface area contributed by atoms with Crippen LogP contribution in [-0.2, 0) is 0 Å². The van der Waals surface area contributed by atoms with Gasteiger partial charge in [-0.05, 0) is 30.3 Å². The molecule has 0 aliphatic rings. The molecule has 1 aromatic carbocycles. The summed E-state index contributed by atoms with van der Waals surface area (Å²) in [7, 11) is 0. The zero-order chi connectivity index (χ0) is 12.8. The van der Waals surface area contributed by atoms with Crippen molar-refractivity contribution in [3.63, 3.8) is 0 Å². The molecule has 1 heterocycles. The molecule has 4 heteroatoms. The molecule has 0 saturated carbocycles. The number of carbonyl (C=O) groups excluding carboxylic acids is 1. The molecule has 2 rings (SSSR count). The summed E-state index contributed by atoms with van der Waals surface area (Å²) >= 11 is 0. The van der Waals surface area contributed by atoms with Crippen LogP contribution in [0.5, 0.6) is 0 Å². The highest BCUT2D eigenvalue weighted by molar-refractivity contribution is 5.93. The van der Waals surface area contributed by atoms with E-state index in [1.54, 1.807) is 48.2 Å². The molecule has 0 fully saturated rings. The number of hydrogen-bond donors (Lipinski definition) is 2. The lowest BCUT2D eigenvalue weighted by Gasteiger charge is -1.98. The number of nitrogens with one attached hydrogen (secondary N) is 1. The number of amides is 1. The van der Waals surface area contributed by atoms with Crippen molar-refractivity contribution < 1.29 is 10.0 Å². The Morgan fingerprint density at radius 1 is 1.17 bits per heavy atom. The maximum absolute atomic E-state index is 11.2. The fraction of sp³-hybridized carbons (Fsp3) is 0. The third-order valence-electron chi connectivity index (χ3n) is 2.24. The number of pyridine rings is 1. The average molecular weight is 238 g/mol. The summed E-state index contributed by atoms with van der Waals surface area (Å²) in [6.07, 6.45) is 3.34. The van der Waals surface area contributed by atoms with E-state index in [0.29, 0.717) is 11.1 Å². The van der Waals surface area contributed by atoms with Crippen LogP contribution in [0.15, 0.2) is 48.8 Å². The molecule has 0 aliphatic carbocycles. The Morgan fingerprint density at radius 2 is 1.94 bits per heavy atom. The minimum absolute atomic E-state index is 0.357. The summed E-state index contributed by atoms with van der Waals surface area (Å²) in [5.41, 5.74) is 3.44. The van der Waals surface area contributed by atoms with Gasteiger partial charge in [-0.1, -0.05) is 17.9 Å². The van der Waals surface area contributed by atoms with E-state index in [9.17, 15) is 4.79 Å². The highest BCUT2D eigenvalue weighted by Crippen LogP contribution is 2.04. The zero-order valence-corrected chi connectivity index (χ0v) is 9.42. The Kier molecular flexibility index (Phi) is 3.69. The molecule has 0 saturated heterocycles. The maximum atomic E-state index is 11.2. The van der Waals surface area contributed by atoms with Crippen LogP contribution < -0.4 is 5.48 Å².